The molecular weight excluding hydrogens is 374 g/mol. The first kappa shape index (κ1) is 21.8. The molecule has 0 unspecified atom stereocenters. The molecule has 0 saturated carbocycles. The summed E-state index contributed by atoms with van der Waals surface area (Å²) in [6.07, 6.45) is 1.86. The van der Waals surface area contributed by atoms with Crippen molar-refractivity contribution in [3.63, 3.8) is 0 Å². The maximum atomic E-state index is 12.2. The highest BCUT2D eigenvalue weighted by Gasteiger charge is 2.16. The number of carbonyl (C=O) groups excluding carboxylic acids is 2. The minimum atomic E-state index is -0.933. The van der Waals surface area contributed by atoms with Gasteiger partial charge in [-0.2, -0.15) is 0 Å². The van der Waals surface area contributed by atoms with Crippen molar-refractivity contribution in [1.82, 2.24) is 5.32 Å². The molecule has 0 aliphatic rings. The van der Waals surface area contributed by atoms with E-state index < -0.39 is 12.1 Å². The summed E-state index contributed by atoms with van der Waals surface area (Å²) in [4.78, 5) is 24.2. The van der Waals surface area contributed by atoms with Gasteiger partial charge in [-0.1, -0.05) is 12.1 Å². The number of amides is 1. The van der Waals surface area contributed by atoms with Crippen molar-refractivity contribution in [2.75, 3.05) is 21.3 Å². The first-order valence-corrected chi connectivity index (χ1v) is 8.98. The largest absolute Gasteiger partial charge is 0.497 e. The molecule has 0 aromatic heterocycles. The second-order valence-electron chi connectivity index (χ2n) is 6.09. The van der Waals surface area contributed by atoms with E-state index in [4.69, 9.17) is 18.9 Å². The van der Waals surface area contributed by atoms with Gasteiger partial charge >= 0.3 is 5.97 Å². The molecule has 1 amide bonds. The van der Waals surface area contributed by atoms with E-state index >= 15 is 0 Å². The summed E-state index contributed by atoms with van der Waals surface area (Å²) in [5.41, 5.74) is 1.56. The molecule has 0 aliphatic carbocycles. The highest BCUT2D eigenvalue weighted by Crippen LogP contribution is 2.25. The Kier molecular flexibility index (Phi) is 8.09. The number of ether oxygens (including phenoxy) is 4. The fraction of sp³-hybridized carbons (Fsp3) is 0.273. The highest BCUT2D eigenvalue weighted by atomic mass is 16.5. The van der Waals surface area contributed by atoms with Gasteiger partial charge in [-0.15, -0.1) is 0 Å². The van der Waals surface area contributed by atoms with Crippen LogP contribution < -0.4 is 19.5 Å². The topological polar surface area (TPSA) is 83.1 Å². The maximum absolute atomic E-state index is 12.2. The predicted octanol–water partition coefficient (Wildman–Crippen LogP) is 2.97. The molecule has 0 saturated heterocycles. The van der Waals surface area contributed by atoms with Crippen molar-refractivity contribution in [2.24, 2.45) is 0 Å². The van der Waals surface area contributed by atoms with Crippen molar-refractivity contribution in [2.45, 2.75) is 19.6 Å². The van der Waals surface area contributed by atoms with Gasteiger partial charge in [0.1, 0.15) is 17.2 Å². The summed E-state index contributed by atoms with van der Waals surface area (Å²) in [5, 5.41) is 2.73. The third-order valence-electron chi connectivity index (χ3n) is 4.12. The lowest BCUT2D eigenvalue weighted by Gasteiger charge is -2.12. The van der Waals surface area contributed by atoms with Crippen LogP contribution in [0.3, 0.4) is 0 Å². The van der Waals surface area contributed by atoms with Gasteiger partial charge in [0.25, 0.3) is 5.91 Å². The van der Waals surface area contributed by atoms with Crippen LogP contribution in [-0.4, -0.2) is 39.3 Å². The van der Waals surface area contributed by atoms with Gasteiger partial charge in [-0.3, -0.25) is 4.79 Å². The molecule has 7 nitrogen and oxygen atoms in total. The number of carbonyl (C=O) groups is 2. The molecule has 2 aromatic rings. The smallest absolute Gasteiger partial charge is 0.331 e. The number of nitrogens with one attached hydrogen (secondary N) is 1. The van der Waals surface area contributed by atoms with Crippen LogP contribution >= 0.6 is 0 Å². The fourth-order valence-corrected chi connectivity index (χ4v) is 2.47. The van der Waals surface area contributed by atoms with Gasteiger partial charge in [0.15, 0.2) is 6.10 Å². The van der Waals surface area contributed by atoms with E-state index in [9.17, 15) is 9.59 Å². The van der Waals surface area contributed by atoms with Crippen LogP contribution in [0.15, 0.2) is 48.5 Å². The number of hydrogen-bond donors (Lipinski definition) is 1. The van der Waals surface area contributed by atoms with Gasteiger partial charge < -0.3 is 24.3 Å². The molecule has 1 N–H and O–H groups in total. The molecule has 2 aromatic carbocycles. The van der Waals surface area contributed by atoms with Gasteiger partial charge in [0, 0.05) is 18.2 Å². The second kappa shape index (κ2) is 10.8. The summed E-state index contributed by atoms with van der Waals surface area (Å²) in [7, 11) is 4.67. The van der Waals surface area contributed by atoms with Gasteiger partial charge in [0.2, 0.25) is 0 Å². The van der Waals surface area contributed by atoms with Crippen LogP contribution in [0.5, 0.6) is 17.2 Å². The van der Waals surface area contributed by atoms with E-state index in [1.54, 1.807) is 38.5 Å². The van der Waals surface area contributed by atoms with E-state index in [1.807, 2.05) is 24.3 Å². The molecule has 0 aliphatic heterocycles. The molecule has 2 rings (SSSR count). The average molecular weight is 399 g/mol. The lowest BCUT2D eigenvalue weighted by atomic mass is 10.1. The quantitative estimate of drug-likeness (QED) is 0.516. The maximum Gasteiger partial charge on any atom is 0.331 e. The Morgan fingerprint density at radius 3 is 2.24 bits per heavy atom. The molecule has 0 bridgehead atoms. The minimum absolute atomic E-state index is 0.321. The fourth-order valence-electron chi connectivity index (χ4n) is 2.47. The van der Waals surface area contributed by atoms with Crippen molar-refractivity contribution < 1.29 is 28.5 Å². The normalized spacial score (nSPS) is 11.6. The Hall–Kier alpha value is -3.48. The SMILES string of the molecule is COc1ccc(CNC(=O)[C@H](C)OC(=O)/C=C/c2cc(OC)ccc2OC)cc1. The molecular formula is C22H25NO6. The van der Waals surface area contributed by atoms with E-state index in [1.165, 1.54) is 20.1 Å². The second-order valence-corrected chi connectivity index (χ2v) is 6.09. The van der Waals surface area contributed by atoms with E-state index in [0.717, 1.165) is 11.3 Å². The summed E-state index contributed by atoms with van der Waals surface area (Å²) in [6, 6.07) is 12.5. The molecule has 1 atom stereocenters. The first-order chi connectivity index (χ1) is 14.0. The third kappa shape index (κ3) is 6.57. The van der Waals surface area contributed by atoms with Crippen molar-refractivity contribution in [3.05, 3.63) is 59.7 Å². The van der Waals surface area contributed by atoms with Crippen molar-refractivity contribution >= 4 is 18.0 Å². The number of benzene rings is 2. The Morgan fingerprint density at radius 1 is 0.966 bits per heavy atom. The number of esters is 1. The lowest BCUT2D eigenvalue weighted by molar-refractivity contribution is -0.150. The Morgan fingerprint density at radius 2 is 1.62 bits per heavy atom. The van der Waals surface area contributed by atoms with E-state index in [2.05, 4.69) is 5.32 Å². The van der Waals surface area contributed by atoms with Crippen LogP contribution in [0.4, 0.5) is 0 Å². The van der Waals surface area contributed by atoms with E-state index in [0.29, 0.717) is 23.6 Å². The van der Waals surface area contributed by atoms with Crippen LogP contribution in [0.1, 0.15) is 18.1 Å². The summed E-state index contributed by atoms with van der Waals surface area (Å²) < 4.78 is 20.7. The van der Waals surface area contributed by atoms with Crippen molar-refractivity contribution in [3.8, 4) is 17.2 Å². The zero-order chi connectivity index (χ0) is 21.2. The Labute approximate surface area is 170 Å². The molecule has 0 heterocycles. The Bertz CT molecular complexity index is 860. The molecule has 7 heteroatoms. The van der Waals surface area contributed by atoms with Gasteiger partial charge in [-0.05, 0) is 48.9 Å². The van der Waals surface area contributed by atoms with E-state index in [-0.39, 0.29) is 5.91 Å². The minimum Gasteiger partial charge on any atom is -0.497 e. The molecule has 0 fully saturated rings. The van der Waals surface area contributed by atoms with Crippen LogP contribution in [-0.2, 0) is 20.9 Å². The van der Waals surface area contributed by atoms with Crippen LogP contribution in [0.25, 0.3) is 6.08 Å². The molecule has 0 spiro atoms. The number of hydrogen-bond acceptors (Lipinski definition) is 6. The lowest BCUT2D eigenvalue weighted by Crippen LogP contribution is -2.35. The number of rotatable bonds is 9. The van der Waals surface area contributed by atoms with Crippen LogP contribution in [0.2, 0.25) is 0 Å². The van der Waals surface area contributed by atoms with Gasteiger partial charge in [0.05, 0.1) is 21.3 Å². The van der Waals surface area contributed by atoms with Crippen molar-refractivity contribution in [1.29, 1.82) is 0 Å². The summed E-state index contributed by atoms with van der Waals surface area (Å²) in [6.45, 7) is 1.84. The Balaban J connectivity index is 1.89. The number of methoxy groups -OCH3 is 3. The monoisotopic (exact) mass is 399 g/mol. The average Bonchev–Trinajstić information content (AvgIpc) is 2.75. The zero-order valence-corrected chi connectivity index (χ0v) is 16.9. The molecule has 29 heavy (non-hydrogen) atoms. The molecule has 0 radical (unpaired) electrons. The van der Waals surface area contributed by atoms with Gasteiger partial charge in [-0.25, -0.2) is 4.79 Å². The zero-order valence-electron chi connectivity index (χ0n) is 16.9. The highest BCUT2D eigenvalue weighted by molar-refractivity contribution is 5.90. The summed E-state index contributed by atoms with van der Waals surface area (Å²) in [5.74, 6) is 0.926. The summed E-state index contributed by atoms with van der Waals surface area (Å²) >= 11 is 0. The standard InChI is InChI=1S/C22H25NO6/c1-15(22(25)23-14-16-5-8-18(26-2)9-6-16)29-21(24)12-7-17-13-19(27-3)10-11-20(17)28-4/h5-13,15H,14H2,1-4H3,(H,23,25)/b12-7+/t15-/m0/s1. The third-order valence-corrected chi connectivity index (χ3v) is 4.12. The first-order valence-electron chi connectivity index (χ1n) is 8.98. The predicted molar refractivity (Wildman–Crippen MR) is 109 cm³/mol. The van der Waals surface area contributed by atoms with Crippen LogP contribution in [0, 0.1) is 0 Å². The molecule has 154 valence electrons.